The minimum Gasteiger partial charge on any atom is -0.492 e. The molecular weight excluding hydrogens is 506 g/mol. The molecule has 0 bridgehead atoms. The number of thiophene rings is 2. The number of fused-ring (bicyclic) bond motifs is 1. The number of ether oxygens (including phenoxy) is 1. The molecule has 10 heteroatoms. The number of carbonyl (C=O) groups excluding carboxylic acids is 2. The second-order valence-corrected chi connectivity index (χ2v) is 10.5. The van der Waals surface area contributed by atoms with Crippen LogP contribution >= 0.6 is 22.7 Å². The summed E-state index contributed by atoms with van der Waals surface area (Å²) in [6, 6.07) is 13.9. The zero-order valence-corrected chi connectivity index (χ0v) is 22.5. The van der Waals surface area contributed by atoms with Gasteiger partial charge in [0.25, 0.3) is 11.8 Å². The molecule has 0 spiro atoms. The van der Waals surface area contributed by atoms with Crippen LogP contribution in [0, 0.1) is 0 Å². The molecule has 4 aromatic rings. The van der Waals surface area contributed by atoms with Crippen molar-refractivity contribution in [1.29, 1.82) is 0 Å². The molecule has 37 heavy (non-hydrogen) atoms. The van der Waals surface area contributed by atoms with Crippen molar-refractivity contribution in [2.24, 2.45) is 0 Å². The van der Waals surface area contributed by atoms with Gasteiger partial charge in [-0.1, -0.05) is 19.9 Å². The monoisotopic (exact) mass is 533 g/mol. The first-order valence-corrected chi connectivity index (χ1v) is 13.8. The van der Waals surface area contributed by atoms with Gasteiger partial charge in [-0.05, 0) is 67.4 Å². The lowest BCUT2D eigenvalue weighted by Crippen LogP contribution is -2.27. The van der Waals surface area contributed by atoms with Crippen molar-refractivity contribution in [3.05, 3.63) is 59.1 Å². The summed E-state index contributed by atoms with van der Waals surface area (Å²) in [5, 5.41) is 8.19. The Morgan fingerprint density at radius 2 is 1.81 bits per heavy atom. The molecule has 190 valence electrons. The van der Waals surface area contributed by atoms with E-state index in [1.165, 1.54) is 0 Å². The highest BCUT2D eigenvalue weighted by atomic mass is 32.1. The number of nitrogens with zero attached hydrogens (tertiary/aromatic N) is 3. The smallest absolute Gasteiger partial charge is 0.275 e. The quantitative estimate of drug-likeness (QED) is 0.272. The third-order valence-electron chi connectivity index (χ3n) is 6.26. The summed E-state index contributed by atoms with van der Waals surface area (Å²) < 4.78 is 5.93. The summed E-state index contributed by atoms with van der Waals surface area (Å²) in [5.41, 5.74) is 1.58. The average molecular weight is 534 g/mol. The fourth-order valence-corrected chi connectivity index (χ4v) is 5.73. The molecule has 0 aliphatic carbocycles. The van der Waals surface area contributed by atoms with E-state index in [9.17, 15) is 9.59 Å². The second-order valence-electron chi connectivity index (χ2n) is 8.51. The molecule has 0 saturated carbocycles. The number of hydrogen-bond donors (Lipinski definition) is 2. The van der Waals surface area contributed by atoms with Crippen molar-refractivity contribution in [3.8, 4) is 26.9 Å². The molecule has 2 N–H and O–H groups in total. The van der Waals surface area contributed by atoms with Crippen LogP contribution in [0.3, 0.4) is 0 Å². The Labute approximate surface area is 223 Å². The maximum atomic E-state index is 12.3. The molecule has 4 heterocycles. The molecule has 1 aliphatic rings. The fourth-order valence-electron chi connectivity index (χ4n) is 4.03. The van der Waals surface area contributed by atoms with Crippen molar-refractivity contribution in [2.75, 3.05) is 31.6 Å². The molecule has 3 aromatic heterocycles. The number of rotatable bonds is 10. The standard InChI is InChI=1S/C27H27N5O3S2/c1-4-32(5-2)12-13-35-18-10-8-17(9-11-18)21-15-19-23(28-22-16(3)25(33)31-26(22)34)29-24(30-27(19)37-21)20-7-6-14-36-20/h6-11,14-15H,4-5,12-13H2,1-3H3,(H2,28,29,30,31,33,34). The Hall–Kier alpha value is -3.60. The summed E-state index contributed by atoms with van der Waals surface area (Å²) in [6.45, 7) is 9.48. The van der Waals surface area contributed by atoms with E-state index in [-0.39, 0.29) is 5.70 Å². The van der Waals surface area contributed by atoms with Crippen LogP contribution in [0.2, 0.25) is 0 Å². The van der Waals surface area contributed by atoms with Crippen LogP contribution in [0.1, 0.15) is 20.8 Å². The van der Waals surface area contributed by atoms with E-state index in [0.717, 1.165) is 50.9 Å². The van der Waals surface area contributed by atoms with Crippen LogP contribution in [-0.4, -0.2) is 52.9 Å². The van der Waals surface area contributed by atoms with Gasteiger partial charge in [-0.3, -0.25) is 14.9 Å². The third-order valence-corrected chi connectivity index (χ3v) is 8.20. The molecule has 0 radical (unpaired) electrons. The molecule has 8 nitrogen and oxygen atoms in total. The van der Waals surface area contributed by atoms with E-state index in [2.05, 4.69) is 29.4 Å². The summed E-state index contributed by atoms with van der Waals surface area (Å²) in [4.78, 5) is 38.9. The number of likely N-dealkylation sites (N-methyl/N-ethyl adjacent to an activating group) is 1. The molecule has 2 amide bonds. The molecule has 5 rings (SSSR count). The number of amides is 2. The number of nitrogens with one attached hydrogen (secondary N) is 2. The van der Waals surface area contributed by atoms with E-state index in [0.29, 0.717) is 23.8 Å². The first-order chi connectivity index (χ1) is 18.0. The van der Waals surface area contributed by atoms with Crippen LogP contribution in [0.5, 0.6) is 5.75 Å². The minimum absolute atomic E-state index is 0.209. The number of aromatic nitrogens is 2. The van der Waals surface area contributed by atoms with E-state index in [1.807, 2.05) is 47.8 Å². The molecule has 0 saturated heterocycles. The Morgan fingerprint density at radius 3 is 2.46 bits per heavy atom. The first-order valence-electron chi connectivity index (χ1n) is 12.1. The fraction of sp³-hybridized carbons (Fsp3) is 0.259. The lowest BCUT2D eigenvalue weighted by atomic mass is 10.1. The van der Waals surface area contributed by atoms with Crippen LogP contribution in [0.25, 0.3) is 31.4 Å². The van der Waals surface area contributed by atoms with Gasteiger partial charge in [0.15, 0.2) is 5.82 Å². The number of hydrogen-bond acceptors (Lipinski definition) is 9. The maximum Gasteiger partial charge on any atom is 0.275 e. The van der Waals surface area contributed by atoms with Gasteiger partial charge in [-0.2, -0.15) is 0 Å². The lowest BCUT2D eigenvalue weighted by molar-refractivity contribution is -0.124. The van der Waals surface area contributed by atoms with Gasteiger partial charge < -0.3 is 15.0 Å². The van der Waals surface area contributed by atoms with Crippen LogP contribution in [0.4, 0.5) is 5.82 Å². The predicted molar refractivity (Wildman–Crippen MR) is 149 cm³/mol. The van der Waals surface area contributed by atoms with Gasteiger partial charge in [0.2, 0.25) is 0 Å². The second kappa shape index (κ2) is 10.8. The van der Waals surface area contributed by atoms with Crippen LogP contribution < -0.4 is 15.4 Å². The van der Waals surface area contributed by atoms with Crippen molar-refractivity contribution in [1.82, 2.24) is 20.2 Å². The van der Waals surface area contributed by atoms with E-state index in [4.69, 9.17) is 14.7 Å². The summed E-state index contributed by atoms with van der Waals surface area (Å²) in [7, 11) is 0. The Bertz CT molecular complexity index is 1470. The summed E-state index contributed by atoms with van der Waals surface area (Å²) in [6.07, 6.45) is 0. The van der Waals surface area contributed by atoms with Gasteiger partial charge in [0.05, 0.1) is 10.3 Å². The zero-order chi connectivity index (χ0) is 25.9. The number of benzene rings is 1. The average Bonchev–Trinajstić information content (AvgIpc) is 3.64. The van der Waals surface area contributed by atoms with E-state index in [1.54, 1.807) is 29.6 Å². The van der Waals surface area contributed by atoms with E-state index >= 15 is 0 Å². The van der Waals surface area contributed by atoms with Gasteiger partial charge in [-0.15, -0.1) is 22.7 Å². The predicted octanol–water partition coefficient (Wildman–Crippen LogP) is 5.15. The Kier molecular flexibility index (Phi) is 7.31. The van der Waals surface area contributed by atoms with Crippen molar-refractivity contribution >= 4 is 50.5 Å². The zero-order valence-electron chi connectivity index (χ0n) is 20.8. The van der Waals surface area contributed by atoms with E-state index < -0.39 is 11.8 Å². The molecule has 0 fully saturated rings. The normalized spacial score (nSPS) is 13.6. The Morgan fingerprint density at radius 1 is 1.03 bits per heavy atom. The largest absolute Gasteiger partial charge is 0.492 e. The SMILES string of the molecule is CCN(CC)CCOc1ccc(-c2cc3c(NC4=C(C)C(=O)NC4=O)nc(-c4cccs4)nc3s2)cc1. The molecule has 0 unspecified atom stereocenters. The van der Waals surface area contributed by atoms with Gasteiger partial charge >= 0.3 is 0 Å². The number of anilines is 1. The minimum atomic E-state index is -0.459. The van der Waals surface area contributed by atoms with Gasteiger partial charge in [0, 0.05) is 17.0 Å². The van der Waals surface area contributed by atoms with Crippen LogP contribution in [-0.2, 0) is 9.59 Å². The summed E-state index contributed by atoms with van der Waals surface area (Å²) in [5.74, 6) is 1.03. The molecule has 1 aromatic carbocycles. The first kappa shape index (κ1) is 25.1. The van der Waals surface area contributed by atoms with Crippen molar-refractivity contribution < 1.29 is 14.3 Å². The third kappa shape index (κ3) is 5.27. The lowest BCUT2D eigenvalue weighted by Gasteiger charge is -2.18. The maximum absolute atomic E-state index is 12.3. The highest BCUT2D eigenvalue weighted by molar-refractivity contribution is 7.22. The van der Waals surface area contributed by atoms with Gasteiger partial charge in [-0.25, -0.2) is 9.97 Å². The molecule has 0 atom stereocenters. The van der Waals surface area contributed by atoms with Crippen LogP contribution in [0.15, 0.2) is 59.1 Å². The number of carbonyl (C=O) groups is 2. The molecule has 1 aliphatic heterocycles. The van der Waals surface area contributed by atoms with Gasteiger partial charge in [0.1, 0.15) is 28.7 Å². The topological polar surface area (TPSA) is 96.5 Å². The summed E-state index contributed by atoms with van der Waals surface area (Å²) >= 11 is 3.09. The Balaban J connectivity index is 1.45. The highest BCUT2D eigenvalue weighted by Crippen LogP contribution is 2.38. The molecular formula is C27H27N5O3S2. The highest BCUT2D eigenvalue weighted by Gasteiger charge is 2.28. The number of imide groups is 1. The van der Waals surface area contributed by atoms with Crippen molar-refractivity contribution in [3.63, 3.8) is 0 Å². The van der Waals surface area contributed by atoms with Crippen molar-refractivity contribution in [2.45, 2.75) is 20.8 Å².